The smallest absolute Gasteiger partial charge is 0.336 e. The maximum absolute atomic E-state index is 12.1. The molecule has 118 valence electrons. The van der Waals surface area contributed by atoms with Crippen molar-refractivity contribution >= 4 is 26.9 Å². The van der Waals surface area contributed by atoms with Crippen molar-refractivity contribution in [2.45, 2.75) is 24.8 Å². The van der Waals surface area contributed by atoms with Crippen LogP contribution in [0.5, 0.6) is 0 Å². The number of carbonyl (C=O) groups is 1. The van der Waals surface area contributed by atoms with E-state index in [1.54, 1.807) is 13.8 Å². The number of rotatable bonds is 5. The number of fused-ring (bicyclic) bond motifs is 1. The molecule has 0 aliphatic rings. The molecule has 1 heterocycles. The average Bonchev–Trinajstić information content (AvgIpc) is 2.44. The molecule has 0 fully saturated rings. The lowest BCUT2D eigenvalue weighted by molar-refractivity contribution is -0.120. The molecule has 1 aromatic heterocycles. The van der Waals surface area contributed by atoms with Crippen molar-refractivity contribution in [1.29, 1.82) is 0 Å². The molecule has 0 saturated heterocycles. The minimum absolute atomic E-state index is 0.00815. The maximum atomic E-state index is 12.1. The molecule has 0 unspecified atom stereocenters. The molecule has 1 amide bonds. The third kappa shape index (κ3) is 3.92. The van der Waals surface area contributed by atoms with Crippen LogP contribution in [0.25, 0.3) is 11.0 Å². The Balaban J connectivity index is 2.20. The number of sulfonamides is 1. The van der Waals surface area contributed by atoms with Gasteiger partial charge >= 0.3 is 5.63 Å². The van der Waals surface area contributed by atoms with Crippen LogP contribution in [-0.4, -0.2) is 26.9 Å². The predicted molar refractivity (Wildman–Crippen MR) is 81.0 cm³/mol. The molecule has 0 atom stereocenters. The normalized spacial score (nSPS) is 11.8. The van der Waals surface area contributed by atoms with Crippen molar-refractivity contribution in [3.8, 4) is 0 Å². The molecular weight excluding hydrogens is 308 g/mol. The quantitative estimate of drug-likeness (QED) is 0.783. The van der Waals surface area contributed by atoms with Gasteiger partial charge in [-0.1, -0.05) is 0 Å². The minimum Gasteiger partial charge on any atom is -0.423 e. The molecule has 7 nitrogen and oxygen atoms in total. The van der Waals surface area contributed by atoms with E-state index in [4.69, 9.17) is 4.42 Å². The Kier molecular flexibility index (Phi) is 4.62. The van der Waals surface area contributed by atoms with Gasteiger partial charge in [0.25, 0.3) is 0 Å². The summed E-state index contributed by atoms with van der Waals surface area (Å²) >= 11 is 0. The van der Waals surface area contributed by atoms with E-state index in [1.165, 1.54) is 30.3 Å². The Hall–Kier alpha value is -2.19. The Labute approximate surface area is 127 Å². The first-order valence-corrected chi connectivity index (χ1v) is 8.09. The van der Waals surface area contributed by atoms with E-state index >= 15 is 0 Å². The molecule has 1 aromatic carbocycles. The second-order valence-electron chi connectivity index (χ2n) is 5.00. The van der Waals surface area contributed by atoms with Crippen molar-refractivity contribution in [2.24, 2.45) is 0 Å². The SMILES string of the molecule is CC(C)NC(=O)CNS(=O)(=O)c1ccc2oc(=O)ccc2c1. The zero-order chi connectivity index (χ0) is 16.3. The van der Waals surface area contributed by atoms with Gasteiger partial charge in [0.1, 0.15) is 5.58 Å². The Morgan fingerprint density at radius 3 is 2.64 bits per heavy atom. The largest absolute Gasteiger partial charge is 0.423 e. The van der Waals surface area contributed by atoms with Gasteiger partial charge in [-0.15, -0.1) is 0 Å². The van der Waals surface area contributed by atoms with Crippen LogP contribution in [0.4, 0.5) is 0 Å². The highest BCUT2D eigenvalue weighted by molar-refractivity contribution is 7.89. The summed E-state index contributed by atoms with van der Waals surface area (Å²) in [4.78, 5) is 22.6. The highest BCUT2D eigenvalue weighted by Gasteiger charge is 2.16. The van der Waals surface area contributed by atoms with E-state index in [0.29, 0.717) is 11.0 Å². The van der Waals surface area contributed by atoms with Crippen molar-refractivity contribution in [1.82, 2.24) is 10.0 Å². The third-order valence-electron chi connectivity index (χ3n) is 2.77. The fourth-order valence-electron chi connectivity index (χ4n) is 1.83. The maximum Gasteiger partial charge on any atom is 0.336 e. The summed E-state index contributed by atoms with van der Waals surface area (Å²) in [5.74, 6) is -0.412. The molecule has 0 radical (unpaired) electrons. The number of amides is 1. The van der Waals surface area contributed by atoms with Gasteiger partial charge < -0.3 is 9.73 Å². The van der Waals surface area contributed by atoms with Gasteiger partial charge in [0.2, 0.25) is 15.9 Å². The van der Waals surface area contributed by atoms with E-state index in [1.807, 2.05) is 0 Å². The summed E-state index contributed by atoms with van der Waals surface area (Å²) in [7, 11) is -3.82. The first-order valence-electron chi connectivity index (χ1n) is 6.61. The molecule has 22 heavy (non-hydrogen) atoms. The average molecular weight is 324 g/mol. The number of benzene rings is 1. The second kappa shape index (κ2) is 6.29. The van der Waals surface area contributed by atoms with E-state index in [2.05, 4.69) is 10.0 Å². The van der Waals surface area contributed by atoms with E-state index in [9.17, 15) is 18.0 Å². The van der Waals surface area contributed by atoms with Gasteiger partial charge in [0.15, 0.2) is 0 Å². The zero-order valence-corrected chi connectivity index (χ0v) is 12.9. The van der Waals surface area contributed by atoms with Gasteiger partial charge in [0, 0.05) is 17.5 Å². The molecule has 2 aromatic rings. The summed E-state index contributed by atoms with van der Waals surface area (Å²) in [6.07, 6.45) is 0. The minimum atomic E-state index is -3.82. The second-order valence-corrected chi connectivity index (χ2v) is 6.77. The fourth-order valence-corrected chi connectivity index (χ4v) is 2.85. The van der Waals surface area contributed by atoms with E-state index < -0.39 is 21.6 Å². The topological polar surface area (TPSA) is 105 Å². The predicted octanol–water partition coefficient (Wildman–Crippen LogP) is 0.596. The van der Waals surface area contributed by atoms with Crippen LogP contribution in [-0.2, 0) is 14.8 Å². The molecule has 0 aliphatic heterocycles. The third-order valence-corrected chi connectivity index (χ3v) is 4.17. The fraction of sp³-hybridized carbons (Fsp3) is 0.286. The monoisotopic (exact) mass is 324 g/mol. The van der Waals surface area contributed by atoms with Crippen LogP contribution in [0.15, 0.2) is 44.4 Å². The van der Waals surface area contributed by atoms with Gasteiger partial charge in [-0.2, -0.15) is 0 Å². The van der Waals surface area contributed by atoms with Crippen molar-refractivity contribution in [2.75, 3.05) is 6.54 Å². The van der Waals surface area contributed by atoms with Crippen LogP contribution >= 0.6 is 0 Å². The van der Waals surface area contributed by atoms with E-state index in [-0.39, 0.29) is 17.5 Å². The first kappa shape index (κ1) is 16.2. The van der Waals surface area contributed by atoms with Crippen LogP contribution in [0.3, 0.4) is 0 Å². The van der Waals surface area contributed by atoms with Crippen molar-refractivity contribution < 1.29 is 17.6 Å². The molecule has 0 aliphatic carbocycles. The zero-order valence-electron chi connectivity index (χ0n) is 12.1. The molecule has 2 rings (SSSR count). The lowest BCUT2D eigenvalue weighted by Crippen LogP contribution is -2.39. The summed E-state index contributed by atoms with van der Waals surface area (Å²) in [5.41, 5.74) is -0.212. The summed E-state index contributed by atoms with van der Waals surface area (Å²) < 4.78 is 31.5. The number of nitrogens with one attached hydrogen (secondary N) is 2. The number of carbonyl (C=O) groups excluding carboxylic acids is 1. The van der Waals surface area contributed by atoms with Gasteiger partial charge in [-0.25, -0.2) is 17.9 Å². The summed E-state index contributed by atoms with van der Waals surface area (Å²) in [6.45, 7) is 3.22. The van der Waals surface area contributed by atoms with Gasteiger partial charge in [0.05, 0.1) is 11.4 Å². The van der Waals surface area contributed by atoms with Crippen LogP contribution in [0.1, 0.15) is 13.8 Å². The molecular formula is C14H16N2O5S. The highest BCUT2D eigenvalue weighted by Crippen LogP contribution is 2.17. The highest BCUT2D eigenvalue weighted by atomic mass is 32.2. The lowest BCUT2D eigenvalue weighted by Gasteiger charge is -2.10. The molecule has 0 saturated carbocycles. The number of hydrogen-bond donors (Lipinski definition) is 2. The summed E-state index contributed by atoms with van der Waals surface area (Å²) in [6, 6.07) is 6.71. The van der Waals surface area contributed by atoms with Gasteiger partial charge in [-0.05, 0) is 38.1 Å². The Morgan fingerprint density at radius 2 is 1.95 bits per heavy atom. The first-order chi connectivity index (χ1) is 10.3. The Bertz CT molecular complexity index is 855. The lowest BCUT2D eigenvalue weighted by atomic mass is 10.2. The van der Waals surface area contributed by atoms with E-state index in [0.717, 1.165) is 0 Å². The molecule has 8 heteroatoms. The molecule has 0 spiro atoms. The van der Waals surface area contributed by atoms with Gasteiger partial charge in [-0.3, -0.25) is 4.79 Å². The van der Waals surface area contributed by atoms with Crippen LogP contribution in [0, 0.1) is 0 Å². The number of hydrogen-bond acceptors (Lipinski definition) is 5. The standard InChI is InChI=1S/C14H16N2O5S/c1-9(2)16-13(17)8-15-22(19,20)11-4-5-12-10(7-11)3-6-14(18)21-12/h3-7,9,15H,8H2,1-2H3,(H,16,17). The summed E-state index contributed by atoms with van der Waals surface area (Å²) in [5, 5.41) is 3.07. The van der Waals surface area contributed by atoms with Crippen LogP contribution in [0.2, 0.25) is 0 Å². The van der Waals surface area contributed by atoms with Crippen LogP contribution < -0.4 is 15.7 Å². The Morgan fingerprint density at radius 1 is 1.23 bits per heavy atom. The molecule has 2 N–H and O–H groups in total. The van der Waals surface area contributed by atoms with Crippen molar-refractivity contribution in [3.63, 3.8) is 0 Å². The molecule has 0 bridgehead atoms. The van der Waals surface area contributed by atoms with Crippen molar-refractivity contribution in [3.05, 3.63) is 40.8 Å².